The van der Waals surface area contributed by atoms with E-state index in [1.54, 1.807) is 12.4 Å². The molecule has 1 aliphatic rings. The van der Waals surface area contributed by atoms with E-state index in [0.717, 1.165) is 38.0 Å². The second-order valence-electron chi connectivity index (χ2n) is 4.77. The molecule has 0 aliphatic carbocycles. The Bertz CT molecular complexity index is 374. The molecule has 0 spiro atoms. The number of carbonyl (C=O) groups excluding carboxylic acids is 1. The van der Waals surface area contributed by atoms with Gasteiger partial charge in [0.25, 0.3) is 0 Å². The minimum atomic E-state index is 0.233. The van der Waals surface area contributed by atoms with Crippen LogP contribution < -0.4 is 5.32 Å². The van der Waals surface area contributed by atoms with Crippen molar-refractivity contribution in [3.8, 4) is 0 Å². The maximum Gasteiger partial charge on any atom is 0.227 e. The molecular weight excluding hydrogens is 226 g/mol. The summed E-state index contributed by atoms with van der Waals surface area (Å²) in [5.41, 5.74) is 1.04. The number of nitrogens with zero attached hydrogens (tertiary/aromatic N) is 2. The summed E-state index contributed by atoms with van der Waals surface area (Å²) in [6, 6.07) is 4.20. The van der Waals surface area contributed by atoms with Gasteiger partial charge in [0, 0.05) is 31.5 Å². The minimum absolute atomic E-state index is 0.233. The van der Waals surface area contributed by atoms with E-state index in [2.05, 4.69) is 17.2 Å². The lowest BCUT2D eigenvalue weighted by molar-refractivity contribution is -0.132. The Morgan fingerprint density at radius 1 is 1.50 bits per heavy atom. The van der Waals surface area contributed by atoms with Crippen molar-refractivity contribution in [1.29, 1.82) is 0 Å². The van der Waals surface area contributed by atoms with Gasteiger partial charge in [-0.25, -0.2) is 0 Å². The lowest BCUT2D eigenvalue weighted by Crippen LogP contribution is -2.42. The number of carbonyl (C=O) groups is 1. The Balaban J connectivity index is 1.99. The fourth-order valence-electron chi connectivity index (χ4n) is 2.43. The van der Waals surface area contributed by atoms with Gasteiger partial charge < -0.3 is 10.2 Å². The first kappa shape index (κ1) is 13.0. The lowest BCUT2D eigenvalue weighted by atomic mass is 10.1. The van der Waals surface area contributed by atoms with Crippen LogP contribution in [0.1, 0.15) is 25.3 Å². The third kappa shape index (κ3) is 3.29. The molecule has 0 bridgehead atoms. The average Bonchev–Trinajstić information content (AvgIpc) is 2.90. The highest BCUT2D eigenvalue weighted by Gasteiger charge is 2.25. The van der Waals surface area contributed by atoms with Crippen molar-refractivity contribution < 1.29 is 4.79 Å². The zero-order chi connectivity index (χ0) is 12.8. The number of amides is 1. The van der Waals surface area contributed by atoms with Crippen LogP contribution in [0, 0.1) is 0 Å². The summed E-state index contributed by atoms with van der Waals surface area (Å²) in [7, 11) is 0. The van der Waals surface area contributed by atoms with Crippen LogP contribution in [0.3, 0.4) is 0 Å². The molecule has 1 fully saturated rings. The fourth-order valence-corrected chi connectivity index (χ4v) is 2.43. The number of pyridine rings is 1. The van der Waals surface area contributed by atoms with Crippen molar-refractivity contribution in [3.63, 3.8) is 0 Å². The molecule has 2 heterocycles. The number of aromatic nitrogens is 1. The monoisotopic (exact) mass is 247 g/mol. The van der Waals surface area contributed by atoms with Crippen LogP contribution in [0.2, 0.25) is 0 Å². The zero-order valence-electron chi connectivity index (χ0n) is 10.9. The van der Waals surface area contributed by atoms with Crippen LogP contribution in [0.25, 0.3) is 0 Å². The molecule has 98 valence electrons. The zero-order valence-corrected chi connectivity index (χ0v) is 10.9. The summed E-state index contributed by atoms with van der Waals surface area (Å²) < 4.78 is 0. The second-order valence-corrected chi connectivity index (χ2v) is 4.77. The van der Waals surface area contributed by atoms with E-state index in [0.29, 0.717) is 12.5 Å². The first-order valence-electron chi connectivity index (χ1n) is 6.70. The second kappa shape index (κ2) is 6.50. The van der Waals surface area contributed by atoms with Crippen LogP contribution in [0.5, 0.6) is 0 Å². The molecule has 2 rings (SSSR count). The summed E-state index contributed by atoms with van der Waals surface area (Å²) >= 11 is 0. The molecule has 1 aromatic heterocycles. The summed E-state index contributed by atoms with van der Waals surface area (Å²) in [6.07, 6.45) is 6.05. The molecule has 0 radical (unpaired) electrons. The smallest absolute Gasteiger partial charge is 0.227 e. The van der Waals surface area contributed by atoms with Gasteiger partial charge in [0.1, 0.15) is 0 Å². The molecule has 4 nitrogen and oxygen atoms in total. The lowest BCUT2D eigenvalue weighted by Gasteiger charge is -2.28. The maximum atomic E-state index is 12.4. The van der Waals surface area contributed by atoms with Crippen molar-refractivity contribution in [2.75, 3.05) is 19.6 Å². The Morgan fingerprint density at radius 2 is 2.28 bits per heavy atom. The first-order chi connectivity index (χ1) is 8.81. The molecule has 1 aromatic rings. The van der Waals surface area contributed by atoms with Crippen LogP contribution >= 0.6 is 0 Å². The molecule has 18 heavy (non-hydrogen) atoms. The molecule has 1 amide bonds. The highest BCUT2D eigenvalue weighted by molar-refractivity contribution is 5.79. The van der Waals surface area contributed by atoms with Crippen molar-refractivity contribution in [2.45, 2.75) is 32.2 Å². The van der Waals surface area contributed by atoms with E-state index in [-0.39, 0.29) is 5.91 Å². The Labute approximate surface area is 108 Å². The number of hydrogen-bond acceptors (Lipinski definition) is 3. The highest BCUT2D eigenvalue weighted by Crippen LogP contribution is 2.12. The van der Waals surface area contributed by atoms with E-state index in [9.17, 15) is 4.79 Å². The van der Waals surface area contributed by atoms with E-state index in [1.165, 1.54) is 0 Å². The maximum absolute atomic E-state index is 12.4. The van der Waals surface area contributed by atoms with Gasteiger partial charge >= 0.3 is 0 Å². The molecule has 1 aliphatic heterocycles. The van der Waals surface area contributed by atoms with Crippen LogP contribution in [-0.4, -0.2) is 41.5 Å². The summed E-state index contributed by atoms with van der Waals surface area (Å²) in [6.45, 7) is 4.93. The molecular formula is C14H21N3O. The van der Waals surface area contributed by atoms with E-state index in [1.807, 2.05) is 17.0 Å². The first-order valence-corrected chi connectivity index (χ1v) is 6.70. The van der Waals surface area contributed by atoms with Crippen molar-refractivity contribution in [2.24, 2.45) is 0 Å². The van der Waals surface area contributed by atoms with Gasteiger partial charge in [-0.1, -0.05) is 6.92 Å². The molecule has 4 heteroatoms. The molecule has 1 unspecified atom stereocenters. The van der Waals surface area contributed by atoms with Crippen molar-refractivity contribution >= 4 is 5.91 Å². The number of rotatable bonds is 5. The van der Waals surface area contributed by atoms with Crippen molar-refractivity contribution in [3.05, 3.63) is 30.1 Å². The number of hydrogen-bond donors (Lipinski definition) is 1. The van der Waals surface area contributed by atoms with Crippen LogP contribution in [0.15, 0.2) is 24.5 Å². The Hall–Kier alpha value is -1.42. The predicted octanol–water partition coefficient (Wildman–Crippen LogP) is 1.22. The van der Waals surface area contributed by atoms with Crippen molar-refractivity contribution in [1.82, 2.24) is 15.2 Å². The highest BCUT2D eigenvalue weighted by atomic mass is 16.2. The standard InChI is InChI=1S/C14H21N3O/c1-2-9-17(13-5-8-16-11-13)14(18)10-12-3-6-15-7-4-12/h3-4,6-7,13,16H,2,5,8-11H2,1H3. The predicted molar refractivity (Wildman–Crippen MR) is 71.2 cm³/mol. The summed E-state index contributed by atoms with van der Waals surface area (Å²) in [5.74, 6) is 0.233. The normalized spacial score (nSPS) is 18.8. The van der Waals surface area contributed by atoms with E-state index < -0.39 is 0 Å². The molecule has 1 atom stereocenters. The number of nitrogens with one attached hydrogen (secondary N) is 1. The van der Waals surface area contributed by atoms with Gasteiger partial charge in [-0.2, -0.15) is 0 Å². The topological polar surface area (TPSA) is 45.2 Å². The Morgan fingerprint density at radius 3 is 2.89 bits per heavy atom. The molecule has 1 N–H and O–H groups in total. The van der Waals surface area contributed by atoms with Gasteiger partial charge in [0.2, 0.25) is 5.91 Å². The van der Waals surface area contributed by atoms with E-state index >= 15 is 0 Å². The quantitative estimate of drug-likeness (QED) is 0.851. The minimum Gasteiger partial charge on any atom is -0.338 e. The molecule has 0 aromatic carbocycles. The SMILES string of the molecule is CCCN(C(=O)Cc1ccncc1)C1CCNC1. The fraction of sp³-hybridized carbons (Fsp3) is 0.571. The molecule has 0 saturated carbocycles. The van der Waals surface area contributed by atoms with Gasteiger partial charge in [-0.05, 0) is 37.1 Å². The average molecular weight is 247 g/mol. The largest absolute Gasteiger partial charge is 0.338 e. The Kier molecular flexibility index (Phi) is 4.70. The van der Waals surface area contributed by atoms with Gasteiger partial charge in [-0.3, -0.25) is 9.78 Å². The summed E-state index contributed by atoms with van der Waals surface area (Å²) in [5, 5.41) is 3.33. The van der Waals surface area contributed by atoms with E-state index in [4.69, 9.17) is 0 Å². The van der Waals surface area contributed by atoms with Gasteiger partial charge in [-0.15, -0.1) is 0 Å². The summed E-state index contributed by atoms with van der Waals surface area (Å²) in [4.78, 5) is 18.4. The van der Waals surface area contributed by atoms with Crippen LogP contribution in [-0.2, 0) is 11.2 Å². The van der Waals surface area contributed by atoms with Crippen LogP contribution in [0.4, 0.5) is 0 Å². The van der Waals surface area contributed by atoms with Gasteiger partial charge in [0.05, 0.1) is 6.42 Å². The third-order valence-corrected chi connectivity index (χ3v) is 3.36. The molecule has 1 saturated heterocycles. The van der Waals surface area contributed by atoms with Gasteiger partial charge in [0.15, 0.2) is 0 Å². The third-order valence-electron chi connectivity index (χ3n) is 3.36.